The van der Waals surface area contributed by atoms with Gasteiger partial charge in [0.2, 0.25) is 0 Å². The molecule has 0 aliphatic rings. The molecule has 0 heterocycles. The van der Waals surface area contributed by atoms with Gasteiger partial charge in [-0.15, -0.1) is 0 Å². The number of aryl methyl sites for hydroxylation is 1. The summed E-state index contributed by atoms with van der Waals surface area (Å²) in [5.41, 5.74) is 2.37. The van der Waals surface area contributed by atoms with Crippen LogP contribution in [0.4, 0.5) is 0 Å². The monoisotopic (exact) mass is 269 g/mol. The summed E-state index contributed by atoms with van der Waals surface area (Å²) in [7, 11) is 1.00. The third-order valence-electron chi connectivity index (χ3n) is 2.91. The highest BCUT2D eigenvalue weighted by Gasteiger charge is 2.10. The van der Waals surface area contributed by atoms with Gasteiger partial charge < -0.3 is 10.1 Å². The van der Waals surface area contributed by atoms with Crippen molar-refractivity contribution in [2.24, 2.45) is 0 Å². The largest absolute Gasteiger partial charge is 0.496 e. The summed E-state index contributed by atoms with van der Waals surface area (Å²) >= 11 is 0. The van der Waals surface area contributed by atoms with E-state index in [2.05, 4.69) is 37.4 Å². The molecule has 2 unspecified atom stereocenters. The average molecular weight is 269 g/mol. The summed E-state index contributed by atoms with van der Waals surface area (Å²) in [5, 5.41) is 3.43. The second-order valence-corrected chi connectivity index (χ2v) is 6.11. The van der Waals surface area contributed by atoms with Crippen molar-refractivity contribution >= 4 is 10.8 Å². The third kappa shape index (κ3) is 4.78. The summed E-state index contributed by atoms with van der Waals surface area (Å²) in [6.07, 6.45) is 2.67. The molecule has 4 heteroatoms. The highest BCUT2D eigenvalue weighted by Crippen LogP contribution is 2.25. The molecule has 1 aromatic carbocycles. The molecule has 0 fully saturated rings. The van der Waals surface area contributed by atoms with Crippen molar-refractivity contribution in [2.45, 2.75) is 26.3 Å². The lowest BCUT2D eigenvalue weighted by Crippen LogP contribution is -2.21. The maximum Gasteiger partial charge on any atom is 0.123 e. The Bertz CT molecular complexity index is 407. The zero-order chi connectivity index (χ0) is 13.5. The Morgan fingerprint density at radius 1 is 1.44 bits per heavy atom. The molecule has 0 saturated carbocycles. The number of methoxy groups -OCH3 is 1. The van der Waals surface area contributed by atoms with Gasteiger partial charge in [0.25, 0.3) is 0 Å². The van der Waals surface area contributed by atoms with E-state index >= 15 is 0 Å². The molecule has 18 heavy (non-hydrogen) atoms. The van der Waals surface area contributed by atoms with E-state index in [-0.39, 0.29) is 6.04 Å². The first kappa shape index (κ1) is 15.2. The number of ether oxygens (including phenoxy) is 1. The predicted octanol–water partition coefficient (Wildman–Crippen LogP) is 2.42. The number of nitrogens with one attached hydrogen (secondary N) is 1. The van der Waals surface area contributed by atoms with E-state index in [1.54, 1.807) is 13.4 Å². The molecule has 1 rings (SSSR count). The molecule has 0 aliphatic carbocycles. The standard InChI is InChI=1S/C14H23NO2S/c1-11-6-7-13(14(10-11)17-3)12(2)15-8-5-9-18(4)16/h6-7,10,12,15H,5,8-9H2,1-4H3. The molecule has 0 radical (unpaired) electrons. The minimum absolute atomic E-state index is 0.242. The minimum atomic E-state index is -0.699. The molecule has 1 aromatic rings. The maximum absolute atomic E-state index is 11.0. The van der Waals surface area contributed by atoms with E-state index in [1.165, 1.54) is 11.1 Å². The van der Waals surface area contributed by atoms with E-state index in [9.17, 15) is 4.21 Å². The summed E-state index contributed by atoms with van der Waals surface area (Å²) in [6.45, 7) is 5.05. The molecule has 0 aromatic heterocycles. The zero-order valence-electron chi connectivity index (χ0n) is 11.7. The normalized spacial score (nSPS) is 14.2. The number of benzene rings is 1. The second kappa shape index (κ2) is 7.54. The fourth-order valence-electron chi connectivity index (χ4n) is 1.88. The van der Waals surface area contributed by atoms with Gasteiger partial charge in [0.15, 0.2) is 0 Å². The van der Waals surface area contributed by atoms with Crippen LogP contribution in [0.2, 0.25) is 0 Å². The topological polar surface area (TPSA) is 38.3 Å². The van der Waals surface area contributed by atoms with E-state index < -0.39 is 10.8 Å². The van der Waals surface area contributed by atoms with E-state index in [0.717, 1.165) is 24.5 Å². The SMILES string of the molecule is COc1cc(C)ccc1C(C)NCCCS(C)=O. The third-order valence-corrected chi connectivity index (χ3v) is 3.78. The van der Waals surface area contributed by atoms with Gasteiger partial charge in [-0.3, -0.25) is 4.21 Å². The number of hydrogen-bond acceptors (Lipinski definition) is 3. The van der Waals surface area contributed by atoms with Crippen LogP contribution in [0.1, 0.15) is 30.5 Å². The first-order valence-corrected chi connectivity index (χ1v) is 7.95. The maximum atomic E-state index is 11.0. The van der Waals surface area contributed by atoms with Crippen molar-refractivity contribution in [1.29, 1.82) is 0 Å². The van der Waals surface area contributed by atoms with Crippen LogP contribution in [-0.2, 0) is 10.8 Å². The van der Waals surface area contributed by atoms with Crippen LogP contribution < -0.4 is 10.1 Å². The first-order chi connectivity index (χ1) is 8.54. The van der Waals surface area contributed by atoms with Gasteiger partial charge in [-0.25, -0.2) is 0 Å². The molecule has 0 saturated heterocycles. The summed E-state index contributed by atoms with van der Waals surface area (Å²) in [5.74, 6) is 1.68. The van der Waals surface area contributed by atoms with Crippen LogP contribution in [0.15, 0.2) is 18.2 Å². The van der Waals surface area contributed by atoms with Crippen LogP contribution >= 0.6 is 0 Å². The van der Waals surface area contributed by atoms with Crippen LogP contribution in [0.5, 0.6) is 5.75 Å². The van der Waals surface area contributed by atoms with Crippen molar-refractivity contribution in [3.05, 3.63) is 29.3 Å². The van der Waals surface area contributed by atoms with Crippen LogP contribution in [-0.4, -0.2) is 29.9 Å². The first-order valence-electron chi connectivity index (χ1n) is 6.22. The van der Waals surface area contributed by atoms with Gasteiger partial charge in [-0.2, -0.15) is 0 Å². The highest BCUT2D eigenvalue weighted by atomic mass is 32.2. The fourth-order valence-corrected chi connectivity index (χ4v) is 2.43. The summed E-state index contributed by atoms with van der Waals surface area (Å²) in [4.78, 5) is 0. The summed E-state index contributed by atoms with van der Waals surface area (Å²) < 4.78 is 16.4. The molecule has 0 amide bonds. The number of hydrogen-bond donors (Lipinski definition) is 1. The van der Waals surface area contributed by atoms with Gasteiger partial charge in [0.1, 0.15) is 5.75 Å². The van der Waals surface area contributed by atoms with E-state index in [4.69, 9.17) is 4.74 Å². The number of rotatable bonds is 7. The lowest BCUT2D eigenvalue weighted by molar-refractivity contribution is 0.401. The Balaban J connectivity index is 2.55. The quantitative estimate of drug-likeness (QED) is 0.773. The molecule has 2 atom stereocenters. The Hall–Kier alpha value is -0.870. The molecular weight excluding hydrogens is 246 g/mol. The Labute approximate surface area is 112 Å². The van der Waals surface area contributed by atoms with Crippen molar-refractivity contribution < 1.29 is 8.95 Å². The van der Waals surface area contributed by atoms with Crippen LogP contribution in [0.25, 0.3) is 0 Å². The van der Waals surface area contributed by atoms with Crippen molar-refractivity contribution in [1.82, 2.24) is 5.32 Å². The van der Waals surface area contributed by atoms with Gasteiger partial charge in [0, 0.05) is 34.4 Å². The van der Waals surface area contributed by atoms with Crippen LogP contribution in [0, 0.1) is 6.92 Å². The Kier molecular flexibility index (Phi) is 6.36. The van der Waals surface area contributed by atoms with Crippen LogP contribution in [0.3, 0.4) is 0 Å². The predicted molar refractivity (Wildman–Crippen MR) is 77.7 cm³/mol. The summed E-state index contributed by atoms with van der Waals surface area (Å²) in [6, 6.07) is 6.49. The lowest BCUT2D eigenvalue weighted by Gasteiger charge is -2.17. The van der Waals surface area contributed by atoms with Crippen molar-refractivity contribution in [3.8, 4) is 5.75 Å². The van der Waals surface area contributed by atoms with Gasteiger partial charge in [-0.1, -0.05) is 12.1 Å². The van der Waals surface area contributed by atoms with E-state index in [0.29, 0.717) is 0 Å². The van der Waals surface area contributed by atoms with Crippen molar-refractivity contribution in [3.63, 3.8) is 0 Å². The molecule has 0 spiro atoms. The van der Waals surface area contributed by atoms with Gasteiger partial charge in [-0.05, 0) is 38.4 Å². The minimum Gasteiger partial charge on any atom is -0.496 e. The highest BCUT2D eigenvalue weighted by molar-refractivity contribution is 7.84. The van der Waals surface area contributed by atoms with Gasteiger partial charge in [0.05, 0.1) is 7.11 Å². The Morgan fingerprint density at radius 2 is 2.17 bits per heavy atom. The molecular formula is C14H23NO2S. The molecule has 3 nitrogen and oxygen atoms in total. The second-order valence-electron chi connectivity index (χ2n) is 4.55. The molecule has 0 bridgehead atoms. The molecule has 102 valence electrons. The molecule has 0 aliphatic heterocycles. The van der Waals surface area contributed by atoms with E-state index in [1.807, 2.05) is 0 Å². The smallest absolute Gasteiger partial charge is 0.123 e. The average Bonchev–Trinajstić information content (AvgIpc) is 2.33. The van der Waals surface area contributed by atoms with Gasteiger partial charge >= 0.3 is 0 Å². The Morgan fingerprint density at radius 3 is 2.78 bits per heavy atom. The fraction of sp³-hybridized carbons (Fsp3) is 0.571. The lowest BCUT2D eigenvalue weighted by atomic mass is 10.0. The zero-order valence-corrected chi connectivity index (χ0v) is 12.5. The molecule has 1 N–H and O–H groups in total. The van der Waals surface area contributed by atoms with Crippen molar-refractivity contribution in [2.75, 3.05) is 25.7 Å².